The summed E-state index contributed by atoms with van der Waals surface area (Å²) in [6, 6.07) is 10.1. The van der Waals surface area contributed by atoms with Crippen LogP contribution < -0.4 is 5.73 Å². The van der Waals surface area contributed by atoms with Crippen LogP contribution in [0.2, 0.25) is 0 Å². The zero-order chi connectivity index (χ0) is 23.9. The maximum Gasteiger partial charge on any atom is 0.340 e. The fourth-order valence-electron chi connectivity index (χ4n) is 2.86. The van der Waals surface area contributed by atoms with E-state index in [1.807, 2.05) is 0 Å². The summed E-state index contributed by atoms with van der Waals surface area (Å²) >= 11 is 0. The monoisotopic (exact) mass is 451 g/mol. The lowest BCUT2D eigenvalue weighted by molar-refractivity contribution is -0.126. The molecule has 158 valence electrons. The molecule has 0 amide bonds. The van der Waals surface area contributed by atoms with Gasteiger partial charge in [-0.2, -0.15) is 8.42 Å². The number of methoxy groups -OCH3 is 1. The number of Topliss-reactive ketones (excluding diaryl/α,β-unsaturated/α-hetero) is 1. The van der Waals surface area contributed by atoms with Gasteiger partial charge in [0.1, 0.15) is 13.7 Å². The highest BCUT2D eigenvalue weighted by Crippen LogP contribution is 2.38. The molecule has 0 aromatic heterocycles. The van der Waals surface area contributed by atoms with E-state index in [0.717, 1.165) is 25.3 Å². The number of benzene rings is 2. The van der Waals surface area contributed by atoms with Gasteiger partial charge in [-0.1, -0.05) is 36.4 Å². The molecular formula is C19H13B3FNO7S. The van der Waals surface area contributed by atoms with Gasteiger partial charge in [0.05, 0.1) is 32.9 Å². The standard InChI is InChI=1S/C19H13B3FNO7S/c1-29-17(26)12-8-7-11(9-13(12)23)18(20)15(25)14(16(24)30-18)31-32(27,28)19(21,22)10-5-3-2-4-6-10/h2-9H,24H2,1H3/t18-/m1/s1. The molecule has 1 atom stereocenters. The van der Waals surface area contributed by atoms with Gasteiger partial charge in [0.15, 0.2) is 5.50 Å². The van der Waals surface area contributed by atoms with Crippen molar-refractivity contribution < 1.29 is 36.1 Å². The van der Waals surface area contributed by atoms with Crippen molar-refractivity contribution >= 4 is 45.4 Å². The fraction of sp³-hybridized carbons (Fsp3) is 0.158. The summed E-state index contributed by atoms with van der Waals surface area (Å²) in [6.07, 6.45) is 0. The number of nitrogens with two attached hydrogens (primary N) is 1. The third kappa shape index (κ3) is 3.77. The van der Waals surface area contributed by atoms with Crippen molar-refractivity contribution in [1.29, 1.82) is 0 Å². The van der Waals surface area contributed by atoms with E-state index in [-0.39, 0.29) is 11.1 Å². The van der Waals surface area contributed by atoms with Crippen LogP contribution in [0.1, 0.15) is 21.5 Å². The van der Waals surface area contributed by atoms with Crippen molar-refractivity contribution in [3.63, 3.8) is 0 Å². The molecule has 1 aliphatic heterocycles. The lowest BCUT2D eigenvalue weighted by Crippen LogP contribution is -2.40. The quantitative estimate of drug-likeness (QED) is 0.375. The van der Waals surface area contributed by atoms with Gasteiger partial charge in [0, 0.05) is 0 Å². The second-order valence-electron chi connectivity index (χ2n) is 6.74. The van der Waals surface area contributed by atoms with Crippen molar-refractivity contribution in [3.05, 3.63) is 82.7 Å². The minimum atomic E-state index is -4.90. The molecule has 0 aliphatic carbocycles. The van der Waals surface area contributed by atoms with Gasteiger partial charge < -0.3 is 19.4 Å². The predicted molar refractivity (Wildman–Crippen MR) is 112 cm³/mol. The van der Waals surface area contributed by atoms with Crippen molar-refractivity contribution in [2.45, 2.75) is 10.0 Å². The Morgan fingerprint density at radius 3 is 2.38 bits per heavy atom. The molecule has 1 heterocycles. The van der Waals surface area contributed by atoms with Crippen LogP contribution in [-0.4, -0.2) is 50.8 Å². The summed E-state index contributed by atoms with van der Waals surface area (Å²) in [5.41, 5.74) is 2.45. The largest absolute Gasteiger partial charge is 0.467 e. The number of esters is 1. The first-order valence-electron chi connectivity index (χ1n) is 8.83. The number of hydrogen-bond donors (Lipinski definition) is 1. The number of carbonyl (C=O) groups is 2. The molecular weight excluding hydrogens is 438 g/mol. The predicted octanol–water partition coefficient (Wildman–Crippen LogP) is 0.155. The van der Waals surface area contributed by atoms with Crippen molar-refractivity contribution in [2.75, 3.05) is 7.11 Å². The second kappa shape index (κ2) is 8.05. The van der Waals surface area contributed by atoms with Crippen molar-refractivity contribution in [1.82, 2.24) is 0 Å². The van der Waals surface area contributed by atoms with Gasteiger partial charge in [-0.25, -0.2) is 9.18 Å². The first-order valence-corrected chi connectivity index (χ1v) is 10.2. The molecule has 0 unspecified atom stereocenters. The molecule has 3 rings (SSSR count). The van der Waals surface area contributed by atoms with E-state index >= 15 is 0 Å². The molecule has 1 aliphatic rings. The molecule has 2 aromatic carbocycles. The SMILES string of the molecule is [B]C([B])(c1ccccc1)S(=O)(=O)OC1=C(N)O[C@]([B])(c2ccc(C(=O)OC)c(F)c2)C1=O. The molecule has 0 bridgehead atoms. The maximum atomic E-state index is 14.3. The third-order valence-electron chi connectivity index (χ3n) is 4.67. The highest BCUT2D eigenvalue weighted by atomic mass is 32.2. The van der Waals surface area contributed by atoms with E-state index in [1.165, 1.54) is 24.3 Å². The lowest BCUT2D eigenvalue weighted by Gasteiger charge is -2.26. The molecule has 8 nitrogen and oxygen atoms in total. The summed E-state index contributed by atoms with van der Waals surface area (Å²) in [5.74, 6) is -5.05. The highest BCUT2D eigenvalue weighted by molar-refractivity contribution is 7.90. The molecule has 0 fully saturated rings. The molecule has 6 radical (unpaired) electrons. The minimum absolute atomic E-state index is 0.0370. The summed E-state index contributed by atoms with van der Waals surface area (Å²) in [4.78, 5) is 24.4. The molecule has 32 heavy (non-hydrogen) atoms. The second-order valence-corrected chi connectivity index (χ2v) is 8.49. The Kier molecular flexibility index (Phi) is 5.90. The molecule has 0 saturated heterocycles. The highest BCUT2D eigenvalue weighted by Gasteiger charge is 2.50. The lowest BCUT2D eigenvalue weighted by atomic mass is 9.65. The Balaban J connectivity index is 1.93. The van der Waals surface area contributed by atoms with E-state index in [0.29, 0.717) is 0 Å². The number of ether oxygens (including phenoxy) is 2. The minimum Gasteiger partial charge on any atom is -0.467 e. The summed E-state index contributed by atoms with van der Waals surface area (Å²) in [5, 5.41) is 0. The van der Waals surface area contributed by atoms with Crippen LogP contribution in [0.3, 0.4) is 0 Å². The van der Waals surface area contributed by atoms with E-state index in [1.54, 1.807) is 6.07 Å². The number of halogens is 1. The van der Waals surface area contributed by atoms with Gasteiger partial charge in [0.25, 0.3) is 0 Å². The molecule has 13 heteroatoms. The Bertz CT molecular complexity index is 1230. The van der Waals surface area contributed by atoms with Crippen molar-refractivity contribution in [2.24, 2.45) is 5.73 Å². The number of hydrogen-bond acceptors (Lipinski definition) is 8. The van der Waals surface area contributed by atoms with Gasteiger partial charge in [-0.15, -0.1) is 0 Å². The van der Waals surface area contributed by atoms with Crippen LogP contribution in [0.5, 0.6) is 0 Å². The Morgan fingerprint density at radius 2 is 1.81 bits per heavy atom. The van der Waals surface area contributed by atoms with E-state index in [4.69, 9.17) is 38.2 Å². The molecule has 2 aromatic rings. The number of rotatable bonds is 6. The average molecular weight is 451 g/mol. The number of carbonyl (C=O) groups excluding carboxylic acids is 2. The van der Waals surface area contributed by atoms with Crippen LogP contribution in [-0.2, 0) is 38.6 Å². The molecule has 2 N–H and O–H groups in total. The van der Waals surface area contributed by atoms with E-state index < -0.39 is 54.9 Å². The van der Waals surface area contributed by atoms with Crippen LogP contribution in [0.25, 0.3) is 0 Å². The van der Waals surface area contributed by atoms with E-state index in [9.17, 15) is 22.4 Å². The normalized spacial score (nSPS) is 18.9. The summed E-state index contributed by atoms with van der Waals surface area (Å²) in [7, 11) is 13.7. The first kappa shape index (κ1) is 23.5. The van der Waals surface area contributed by atoms with Crippen LogP contribution >= 0.6 is 0 Å². The van der Waals surface area contributed by atoms with Gasteiger partial charge >= 0.3 is 16.1 Å². The van der Waals surface area contributed by atoms with E-state index in [2.05, 4.69) is 4.74 Å². The first-order chi connectivity index (χ1) is 14.8. The van der Waals surface area contributed by atoms with Gasteiger partial charge in [-0.3, -0.25) is 4.79 Å². The number of ketones is 1. The fourth-order valence-corrected chi connectivity index (χ4v) is 3.80. The van der Waals surface area contributed by atoms with Gasteiger partial charge in [0.2, 0.25) is 17.4 Å². The average Bonchev–Trinajstić information content (AvgIpc) is 2.97. The maximum absolute atomic E-state index is 14.3. The van der Waals surface area contributed by atoms with Crippen LogP contribution in [0.4, 0.5) is 4.39 Å². The van der Waals surface area contributed by atoms with Gasteiger partial charge in [-0.05, 0) is 23.3 Å². The Labute approximate surface area is 187 Å². The molecule has 0 spiro atoms. The van der Waals surface area contributed by atoms with Crippen LogP contribution in [0, 0.1) is 5.82 Å². The Hall–Kier alpha value is -3.21. The third-order valence-corrected chi connectivity index (χ3v) is 6.12. The smallest absolute Gasteiger partial charge is 0.340 e. The van der Waals surface area contributed by atoms with Crippen molar-refractivity contribution in [3.8, 4) is 0 Å². The summed E-state index contributed by atoms with van der Waals surface area (Å²) in [6.45, 7) is 0. The zero-order valence-electron chi connectivity index (χ0n) is 16.6. The van der Waals surface area contributed by atoms with Crippen LogP contribution in [0.15, 0.2) is 60.2 Å². The molecule has 0 saturated carbocycles. The topological polar surface area (TPSA) is 122 Å². The summed E-state index contributed by atoms with van der Waals surface area (Å²) < 4.78 is 51.6. The Morgan fingerprint density at radius 1 is 1.19 bits per heavy atom. The zero-order valence-corrected chi connectivity index (χ0v) is 17.4.